The molecule has 1 aliphatic rings. The number of hydrogen-bond donors (Lipinski definition) is 1. The van der Waals surface area contributed by atoms with E-state index in [1.807, 2.05) is 13.8 Å². The molecule has 154 valence electrons. The molecule has 1 aliphatic heterocycles. The summed E-state index contributed by atoms with van der Waals surface area (Å²) in [5.74, 6) is -1.39. The number of rotatable bonds is 5. The molecule has 0 saturated carbocycles. The van der Waals surface area contributed by atoms with E-state index in [4.69, 9.17) is 21.1 Å². The summed E-state index contributed by atoms with van der Waals surface area (Å²) in [6.45, 7) is 5.16. The largest absolute Gasteiger partial charge is 0.495 e. The van der Waals surface area contributed by atoms with Crippen molar-refractivity contribution in [2.24, 2.45) is 0 Å². The van der Waals surface area contributed by atoms with Gasteiger partial charge in [-0.3, -0.25) is 14.6 Å². The van der Waals surface area contributed by atoms with Crippen LogP contribution in [0.15, 0.2) is 30.5 Å². The van der Waals surface area contributed by atoms with Gasteiger partial charge >= 0.3 is 0 Å². The minimum atomic E-state index is -0.852. The predicted molar refractivity (Wildman–Crippen MR) is 107 cm³/mol. The Kier molecular flexibility index (Phi) is 5.91. The molecule has 2 aromatic rings. The van der Waals surface area contributed by atoms with Gasteiger partial charge in [0.25, 0.3) is 5.91 Å². The highest BCUT2D eigenvalue weighted by molar-refractivity contribution is 6.32. The molecule has 0 spiro atoms. The summed E-state index contributed by atoms with van der Waals surface area (Å²) in [4.78, 5) is 28.5. The average molecular weight is 421 g/mol. The number of nitrogens with one attached hydrogen (secondary N) is 1. The monoisotopic (exact) mass is 420 g/mol. The van der Waals surface area contributed by atoms with Crippen LogP contribution in [0.4, 0.5) is 10.1 Å². The maximum Gasteiger partial charge on any atom is 0.254 e. The molecule has 0 unspecified atom stereocenters. The number of benzene rings is 1. The summed E-state index contributed by atoms with van der Waals surface area (Å²) in [5, 5.41) is 2.65. The highest BCUT2D eigenvalue weighted by Gasteiger charge is 2.46. The molecular weight excluding hydrogens is 399 g/mol. The first-order valence-corrected chi connectivity index (χ1v) is 9.48. The zero-order valence-electron chi connectivity index (χ0n) is 16.6. The second-order valence-corrected chi connectivity index (χ2v) is 7.95. The van der Waals surface area contributed by atoms with Crippen LogP contribution in [0.3, 0.4) is 0 Å². The molecule has 29 heavy (non-hydrogen) atoms. The van der Waals surface area contributed by atoms with Crippen LogP contribution in [-0.2, 0) is 9.53 Å². The SMILES string of the molecule is COc1c([C@@H]2CC(C)(C)O[C@H]2C(=O)Nc2ccnc(C(C)=O)c2)ccc(F)c1Cl. The summed E-state index contributed by atoms with van der Waals surface area (Å²) >= 11 is 6.07. The molecule has 1 saturated heterocycles. The van der Waals surface area contributed by atoms with Crippen molar-refractivity contribution < 1.29 is 23.5 Å². The predicted octanol–water partition coefficient (Wildman–Crippen LogP) is 4.38. The fraction of sp³-hybridized carbons (Fsp3) is 0.381. The van der Waals surface area contributed by atoms with Crippen LogP contribution in [0.25, 0.3) is 0 Å². The number of aromatic nitrogens is 1. The normalized spacial score (nSPS) is 20.3. The number of ether oxygens (including phenoxy) is 2. The fourth-order valence-electron chi connectivity index (χ4n) is 3.58. The number of halogens is 2. The van der Waals surface area contributed by atoms with Gasteiger partial charge in [0.2, 0.25) is 0 Å². The first-order valence-electron chi connectivity index (χ1n) is 9.10. The van der Waals surface area contributed by atoms with E-state index in [0.717, 1.165) is 0 Å². The Morgan fingerprint density at radius 1 is 1.34 bits per heavy atom. The summed E-state index contributed by atoms with van der Waals surface area (Å²) in [6, 6.07) is 5.91. The molecule has 3 rings (SSSR count). The van der Waals surface area contributed by atoms with Crippen molar-refractivity contribution in [2.75, 3.05) is 12.4 Å². The number of Topliss-reactive ketones (excluding diaryl/α,β-unsaturated/α-hetero) is 1. The molecule has 8 heteroatoms. The molecular formula is C21H22ClFN2O4. The molecule has 1 N–H and O–H groups in total. The minimum Gasteiger partial charge on any atom is -0.495 e. The van der Waals surface area contributed by atoms with Gasteiger partial charge in [-0.1, -0.05) is 17.7 Å². The van der Waals surface area contributed by atoms with E-state index < -0.39 is 23.4 Å². The number of pyridine rings is 1. The molecule has 1 aromatic heterocycles. The number of carbonyl (C=O) groups excluding carboxylic acids is 2. The first-order chi connectivity index (χ1) is 13.6. The third-order valence-corrected chi connectivity index (χ3v) is 5.21. The Balaban J connectivity index is 1.93. The number of methoxy groups -OCH3 is 1. The Labute approximate surface area is 173 Å². The Bertz CT molecular complexity index is 964. The highest BCUT2D eigenvalue weighted by atomic mass is 35.5. The standard InChI is InChI=1S/C21H22ClFN2O4/c1-11(26)16-9-12(7-8-24-16)25-20(27)19-14(10-21(2,3)29-19)13-5-6-15(23)17(22)18(13)28-4/h5-9,14,19H,10H2,1-4H3,(H,24,25,27)/t14-,19+/m0/s1. The van der Waals surface area contributed by atoms with E-state index in [1.165, 1.54) is 32.4 Å². The van der Waals surface area contributed by atoms with Gasteiger partial charge in [-0.05, 0) is 38.5 Å². The lowest BCUT2D eigenvalue weighted by atomic mass is 9.87. The van der Waals surface area contributed by atoms with Gasteiger partial charge in [0.05, 0.1) is 12.7 Å². The van der Waals surface area contributed by atoms with Crippen molar-refractivity contribution in [2.45, 2.75) is 44.8 Å². The van der Waals surface area contributed by atoms with Crippen molar-refractivity contribution in [1.29, 1.82) is 0 Å². The van der Waals surface area contributed by atoms with Crippen molar-refractivity contribution in [3.8, 4) is 5.75 Å². The maximum absolute atomic E-state index is 13.9. The van der Waals surface area contributed by atoms with Crippen LogP contribution >= 0.6 is 11.6 Å². The van der Waals surface area contributed by atoms with E-state index >= 15 is 0 Å². The molecule has 1 amide bonds. The number of hydrogen-bond acceptors (Lipinski definition) is 5. The van der Waals surface area contributed by atoms with E-state index in [2.05, 4.69) is 10.3 Å². The van der Waals surface area contributed by atoms with Gasteiger partial charge < -0.3 is 14.8 Å². The van der Waals surface area contributed by atoms with Crippen molar-refractivity contribution >= 4 is 29.0 Å². The Hall–Kier alpha value is -2.51. The smallest absolute Gasteiger partial charge is 0.254 e. The summed E-state index contributed by atoms with van der Waals surface area (Å²) in [6.07, 6.45) is 1.11. The molecule has 2 atom stereocenters. The van der Waals surface area contributed by atoms with Crippen LogP contribution in [0.5, 0.6) is 5.75 Å². The van der Waals surface area contributed by atoms with Gasteiger partial charge in [-0.25, -0.2) is 4.39 Å². The first kappa shape index (κ1) is 21.2. The summed E-state index contributed by atoms with van der Waals surface area (Å²) < 4.78 is 25.2. The molecule has 1 fully saturated rings. The Morgan fingerprint density at radius 2 is 2.07 bits per heavy atom. The van der Waals surface area contributed by atoms with Gasteiger partial charge in [-0.15, -0.1) is 0 Å². The van der Waals surface area contributed by atoms with Crippen LogP contribution in [0.1, 0.15) is 49.2 Å². The lowest BCUT2D eigenvalue weighted by Gasteiger charge is -2.21. The summed E-state index contributed by atoms with van der Waals surface area (Å²) in [5.41, 5.74) is 0.704. The molecule has 0 aliphatic carbocycles. The zero-order valence-corrected chi connectivity index (χ0v) is 17.3. The molecule has 2 heterocycles. The number of carbonyl (C=O) groups is 2. The van der Waals surface area contributed by atoms with Crippen molar-refractivity contribution in [3.05, 3.63) is 52.6 Å². The van der Waals surface area contributed by atoms with E-state index in [-0.39, 0.29) is 28.2 Å². The molecule has 0 radical (unpaired) electrons. The number of amides is 1. The fourth-order valence-corrected chi connectivity index (χ4v) is 3.83. The Morgan fingerprint density at radius 3 is 2.72 bits per heavy atom. The van der Waals surface area contributed by atoms with E-state index in [9.17, 15) is 14.0 Å². The quantitative estimate of drug-likeness (QED) is 0.726. The second kappa shape index (κ2) is 8.08. The number of nitrogens with zero attached hydrogens (tertiary/aromatic N) is 1. The zero-order chi connectivity index (χ0) is 21.3. The van der Waals surface area contributed by atoms with Crippen molar-refractivity contribution in [1.82, 2.24) is 4.98 Å². The third kappa shape index (κ3) is 4.41. The minimum absolute atomic E-state index is 0.130. The number of anilines is 1. The molecule has 1 aromatic carbocycles. The van der Waals surface area contributed by atoms with Crippen LogP contribution in [0, 0.1) is 5.82 Å². The lowest BCUT2D eigenvalue weighted by Crippen LogP contribution is -2.33. The topological polar surface area (TPSA) is 77.5 Å². The van der Waals surface area contributed by atoms with Gasteiger partial charge in [0.1, 0.15) is 28.4 Å². The third-order valence-electron chi connectivity index (χ3n) is 4.85. The second-order valence-electron chi connectivity index (χ2n) is 7.57. The molecule has 6 nitrogen and oxygen atoms in total. The maximum atomic E-state index is 13.9. The van der Waals surface area contributed by atoms with Gasteiger partial charge in [0, 0.05) is 30.3 Å². The average Bonchev–Trinajstić information content (AvgIpc) is 2.99. The van der Waals surface area contributed by atoms with Gasteiger partial charge in [0.15, 0.2) is 5.78 Å². The summed E-state index contributed by atoms with van der Waals surface area (Å²) in [7, 11) is 1.40. The van der Waals surface area contributed by atoms with Gasteiger partial charge in [-0.2, -0.15) is 0 Å². The van der Waals surface area contributed by atoms with E-state index in [0.29, 0.717) is 17.7 Å². The van der Waals surface area contributed by atoms with Crippen molar-refractivity contribution in [3.63, 3.8) is 0 Å². The lowest BCUT2D eigenvalue weighted by molar-refractivity contribution is -0.130. The number of ketones is 1. The van der Waals surface area contributed by atoms with Crippen LogP contribution < -0.4 is 10.1 Å². The van der Waals surface area contributed by atoms with E-state index in [1.54, 1.807) is 12.1 Å². The van der Waals surface area contributed by atoms with Crippen LogP contribution in [-0.4, -0.2) is 35.5 Å². The highest BCUT2D eigenvalue weighted by Crippen LogP contribution is 2.46. The molecule has 0 bridgehead atoms. The van der Waals surface area contributed by atoms with Crippen LogP contribution in [0.2, 0.25) is 5.02 Å².